The van der Waals surface area contributed by atoms with E-state index >= 15 is 0 Å². The van der Waals surface area contributed by atoms with Crippen molar-refractivity contribution < 1.29 is 14.5 Å². The molecular weight excluding hydrogens is 374 g/mol. The van der Waals surface area contributed by atoms with E-state index in [1.54, 1.807) is 7.05 Å². The quantitative estimate of drug-likeness (QED) is 0.750. The number of likely N-dealkylation sites (tertiary alicyclic amines) is 1. The van der Waals surface area contributed by atoms with Gasteiger partial charge in [-0.1, -0.05) is 67.6 Å². The van der Waals surface area contributed by atoms with Crippen molar-refractivity contribution >= 4 is 11.9 Å². The van der Waals surface area contributed by atoms with Crippen LogP contribution in [0.15, 0.2) is 60.7 Å². The number of urea groups is 1. The molecule has 2 saturated heterocycles. The van der Waals surface area contributed by atoms with E-state index in [2.05, 4.69) is 37.3 Å². The highest BCUT2D eigenvalue weighted by atomic mass is 16.2. The first-order valence-corrected chi connectivity index (χ1v) is 11.0. The monoisotopic (exact) mass is 406 g/mol. The van der Waals surface area contributed by atoms with Crippen molar-refractivity contribution in [3.05, 3.63) is 71.8 Å². The number of nitrogens with one attached hydrogen (secondary N) is 1. The van der Waals surface area contributed by atoms with Crippen molar-refractivity contribution in [2.75, 3.05) is 26.7 Å². The largest absolute Gasteiger partial charge is 0.335 e. The molecule has 2 aromatic rings. The molecule has 1 spiro atoms. The summed E-state index contributed by atoms with van der Waals surface area (Å²) < 4.78 is 0. The number of likely N-dealkylation sites (N-methyl/N-ethyl adjacent to an activating group) is 1. The summed E-state index contributed by atoms with van der Waals surface area (Å²) >= 11 is 0. The van der Waals surface area contributed by atoms with Gasteiger partial charge in [-0.05, 0) is 17.0 Å². The summed E-state index contributed by atoms with van der Waals surface area (Å²) in [5.74, 6) is 0.505. The third kappa shape index (κ3) is 3.86. The lowest BCUT2D eigenvalue weighted by atomic mass is 9.85. The molecule has 2 fully saturated rings. The second-order valence-corrected chi connectivity index (χ2v) is 8.85. The van der Waals surface area contributed by atoms with E-state index in [1.165, 1.54) is 15.4 Å². The number of carbonyl (C=O) groups is 2. The zero-order chi connectivity index (χ0) is 21.1. The van der Waals surface area contributed by atoms with E-state index in [0.29, 0.717) is 12.5 Å². The number of benzene rings is 2. The minimum absolute atomic E-state index is 0.0277. The van der Waals surface area contributed by atoms with Gasteiger partial charge in [0.15, 0.2) is 0 Å². The van der Waals surface area contributed by atoms with E-state index in [4.69, 9.17) is 0 Å². The van der Waals surface area contributed by atoms with Crippen LogP contribution in [-0.4, -0.2) is 54.0 Å². The molecule has 1 unspecified atom stereocenters. The first-order valence-electron chi connectivity index (χ1n) is 11.0. The molecule has 2 aliphatic heterocycles. The molecule has 30 heavy (non-hydrogen) atoms. The number of piperidine rings is 1. The second kappa shape index (κ2) is 8.60. The average Bonchev–Trinajstić information content (AvgIpc) is 2.96. The van der Waals surface area contributed by atoms with Crippen LogP contribution in [0.4, 0.5) is 4.79 Å². The maximum Gasteiger partial charge on any atom is 0.327 e. The van der Waals surface area contributed by atoms with Crippen LogP contribution in [0.3, 0.4) is 0 Å². The van der Waals surface area contributed by atoms with Gasteiger partial charge >= 0.3 is 6.03 Å². The fourth-order valence-corrected chi connectivity index (χ4v) is 4.98. The lowest BCUT2D eigenvalue weighted by Crippen LogP contribution is -3.14. The Labute approximate surface area is 179 Å². The Hall–Kier alpha value is -2.66. The zero-order valence-corrected chi connectivity index (χ0v) is 18.0. The topological polar surface area (TPSA) is 45.1 Å². The van der Waals surface area contributed by atoms with E-state index < -0.39 is 5.54 Å². The van der Waals surface area contributed by atoms with Crippen molar-refractivity contribution in [3.8, 4) is 0 Å². The Morgan fingerprint density at radius 1 is 0.967 bits per heavy atom. The number of hydrogen-bond acceptors (Lipinski definition) is 2. The van der Waals surface area contributed by atoms with Gasteiger partial charge in [0.2, 0.25) is 0 Å². The second-order valence-electron chi connectivity index (χ2n) is 8.85. The third-order valence-electron chi connectivity index (χ3n) is 7.00. The lowest BCUT2D eigenvalue weighted by molar-refractivity contribution is -0.906. The number of quaternary nitrogens is 1. The number of nitrogens with zero attached hydrogens (tertiary/aromatic N) is 2. The Morgan fingerprint density at radius 3 is 2.20 bits per heavy atom. The van der Waals surface area contributed by atoms with Crippen LogP contribution in [0.5, 0.6) is 0 Å². The Balaban J connectivity index is 1.40. The van der Waals surface area contributed by atoms with Gasteiger partial charge in [0.05, 0.1) is 19.6 Å². The molecule has 2 aromatic carbocycles. The van der Waals surface area contributed by atoms with Crippen molar-refractivity contribution in [2.24, 2.45) is 0 Å². The smallest absolute Gasteiger partial charge is 0.327 e. The normalized spacial score (nSPS) is 25.2. The van der Waals surface area contributed by atoms with Gasteiger partial charge in [-0.2, -0.15) is 0 Å². The zero-order valence-electron chi connectivity index (χ0n) is 18.0. The van der Waals surface area contributed by atoms with Gasteiger partial charge in [0.1, 0.15) is 5.54 Å². The Bertz CT molecular complexity index is 876. The van der Waals surface area contributed by atoms with Crippen LogP contribution in [0.1, 0.15) is 43.2 Å². The fourth-order valence-electron chi connectivity index (χ4n) is 4.98. The van der Waals surface area contributed by atoms with Crippen molar-refractivity contribution in [1.82, 2.24) is 9.80 Å². The summed E-state index contributed by atoms with van der Waals surface area (Å²) in [6.07, 6.45) is 2.61. The first kappa shape index (κ1) is 20.6. The van der Waals surface area contributed by atoms with Crippen LogP contribution in [0.25, 0.3) is 0 Å². The maximum atomic E-state index is 13.1. The summed E-state index contributed by atoms with van der Waals surface area (Å²) in [4.78, 5) is 30.7. The van der Waals surface area contributed by atoms with Gasteiger partial charge in [0.25, 0.3) is 5.91 Å². The maximum absolute atomic E-state index is 13.1. The van der Waals surface area contributed by atoms with Gasteiger partial charge in [-0.25, -0.2) is 4.79 Å². The number of hydrogen-bond donors (Lipinski definition) is 1. The van der Waals surface area contributed by atoms with Crippen LogP contribution in [0.2, 0.25) is 0 Å². The SMILES string of the molecule is CC(CC[NH+]1CCC2(CC1)C(=O)N(C)C(=O)N2Cc1ccccc1)c1ccccc1. The van der Waals surface area contributed by atoms with Gasteiger partial charge in [-0.15, -0.1) is 0 Å². The Morgan fingerprint density at radius 2 is 1.57 bits per heavy atom. The minimum atomic E-state index is -0.670. The molecule has 5 heteroatoms. The standard InChI is InChI=1S/C25H31N3O2/c1-20(22-11-7-4-8-12-22)13-16-27-17-14-25(15-18-27)23(29)26(2)24(30)28(25)19-21-9-5-3-6-10-21/h3-12,20H,13-19H2,1-2H3/p+1. The molecule has 5 nitrogen and oxygen atoms in total. The number of rotatable bonds is 6. The molecule has 0 aromatic heterocycles. The molecule has 1 atom stereocenters. The average molecular weight is 407 g/mol. The predicted molar refractivity (Wildman–Crippen MR) is 117 cm³/mol. The van der Waals surface area contributed by atoms with E-state index in [0.717, 1.165) is 44.5 Å². The Kier molecular flexibility index (Phi) is 5.91. The van der Waals surface area contributed by atoms with Gasteiger partial charge < -0.3 is 9.80 Å². The number of carbonyl (C=O) groups excluding carboxylic acids is 2. The van der Waals surface area contributed by atoms with E-state index in [1.807, 2.05) is 35.2 Å². The molecule has 0 bridgehead atoms. The molecule has 2 aliphatic rings. The molecule has 2 heterocycles. The summed E-state index contributed by atoms with van der Waals surface area (Å²) in [6.45, 7) is 5.74. The van der Waals surface area contributed by atoms with Gasteiger partial charge in [-0.3, -0.25) is 9.69 Å². The number of amides is 3. The highest BCUT2D eigenvalue weighted by molar-refractivity contribution is 6.06. The molecule has 0 saturated carbocycles. The van der Waals surface area contributed by atoms with Crippen molar-refractivity contribution in [2.45, 2.75) is 44.2 Å². The van der Waals surface area contributed by atoms with Crippen molar-refractivity contribution in [1.29, 1.82) is 0 Å². The summed E-state index contributed by atoms with van der Waals surface area (Å²) in [6, 6.07) is 20.5. The van der Waals surface area contributed by atoms with E-state index in [9.17, 15) is 9.59 Å². The summed E-state index contributed by atoms with van der Waals surface area (Å²) in [7, 11) is 1.62. The molecule has 3 amide bonds. The molecule has 0 radical (unpaired) electrons. The van der Waals surface area contributed by atoms with Crippen LogP contribution in [-0.2, 0) is 11.3 Å². The third-order valence-corrected chi connectivity index (χ3v) is 7.00. The highest BCUT2D eigenvalue weighted by Gasteiger charge is 2.57. The predicted octanol–water partition coefficient (Wildman–Crippen LogP) is 2.69. The van der Waals surface area contributed by atoms with Crippen molar-refractivity contribution in [3.63, 3.8) is 0 Å². The lowest BCUT2D eigenvalue weighted by Gasteiger charge is -2.40. The van der Waals surface area contributed by atoms with Crippen LogP contribution < -0.4 is 4.90 Å². The fraction of sp³-hybridized carbons (Fsp3) is 0.440. The molecule has 0 aliphatic carbocycles. The molecular formula is C25H32N3O2+. The van der Waals surface area contributed by atoms with E-state index in [-0.39, 0.29) is 11.9 Å². The molecule has 1 N–H and O–H groups in total. The van der Waals surface area contributed by atoms with Crippen LogP contribution in [0, 0.1) is 0 Å². The molecule has 4 rings (SSSR count). The first-order chi connectivity index (χ1) is 14.5. The number of imide groups is 1. The summed E-state index contributed by atoms with van der Waals surface area (Å²) in [5.41, 5.74) is 1.79. The van der Waals surface area contributed by atoms with Crippen LogP contribution >= 0.6 is 0 Å². The van der Waals surface area contributed by atoms with Gasteiger partial charge in [0, 0.05) is 32.9 Å². The molecule has 158 valence electrons. The summed E-state index contributed by atoms with van der Waals surface area (Å²) in [5, 5.41) is 0. The minimum Gasteiger partial charge on any atom is -0.335 e. The highest BCUT2D eigenvalue weighted by Crippen LogP contribution is 2.35.